The van der Waals surface area contributed by atoms with Crippen LogP contribution in [0.25, 0.3) is 0 Å². The van der Waals surface area contributed by atoms with Crippen LogP contribution >= 0.6 is 0 Å². The molecule has 3 aliphatic rings. The third kappa shape index (κ3) is 11.0. The first kappa shape index (κ1) is 34.6. The highest BCUT2D eigenvalue weighted by atomic mass is 16.6. The Morgan fingerprint density at radius 2 is 1.21 bits per heavy atom. The molecule has 0 aromatic carbocycles. The van der Waals surface area contributed by atoms with Crippen LogP contribution in [0, 0.1) is 23.7 Å². The van der Waals surface area contributed by atoms with Gasteiger partial charge >= 0.3 is 0 Å². The van der Waals surface area contributed by atoms with Crippen LogP contribution in [0.1, 0.15) is 33.1 Å². The van der Waals surface area contributed by atoms with Crippen molar-refractivity contribution in [3.63, 3.8) is 0 Å². The molecule has 1 saturated heterocycles. The SMILES string of the molecule is CCOCCOCCOCCOCCOCCOCCOCCNC(=O)CCN1C(=O)C2C3C=C(CC)C(C3)C2C1=O. The largest absolute Gasteiger partial charge is 0.379 e. The van der Waals surface area contributed by atoms with Gasteiger partial charge in [0.05, 0.1) is 97.7 Å². The van der Waals surface area contributed by atoms with Crippen LogP contribution < -0.4 is 5.32 Å². The van der Waals surface area contributed by atoms with E-state index in [0.717, 1.165) is 12.8 Å². The standard InChI is InChI=1S/C30H50N2O10/c1-3-23-21-24-22-25(23)28-27(24)29(34)32(30(28)35)7-5-26(33)31-6-8-37-11-12-39-15-16-41-19-20-42-18-17-40-14-13-38-10-9-36-4-2/h21,24-25,27-28H,3-20,22H2,1-2H3,(H,31,33). The number of amides is 3. The van der Waals surface area contributed by atoms with Crippen molar-refractivity contribution in [3.05, 3.63) is 11.6 Å². The predicted molar refractivity (Wildman–Crippen MR) is 153 cm³/mol. The van der Waals surface area contributed by atoms with Gasteiger partial charge in [-0.15, -0.1) is 0 Å². The molecule has 0 aromatic rings. The molecule has 1 aliphatic heterocycles. The van der Waals surface area contributed by atoms with Crippen molar-refractivity contribution in [2.75, 3.05) is 106 Å². The van der Waals surface area contributed by atoms with E-state index in [4.69, 9.17) is 33.2 Å². The number of hydrogen-bond acceptors (Lipinski definition) is 10. The summed E-state index contributed by atoms with van der Waals surface area (Å²) in [5.74, 6) is -0.452. The molecule has 240 valence electrons. The average Bonchev–Trinajstić information content (AvgIpc) is 3.65. The normalized spacial score (nSPS) is 22.7. The van der Waals surface area contributed by atoms with Gasteiger partial charge in [0.25, 0.3) is 0 Å². The molecule has 2 fully saturated rings. The van der Waals surface area contributed by atoms with Crippen LogP contribution in [0.5, 0.6) is 0 Å². The van der Waals surface area contributed by atoms with Crippen molar-refractivity contribution in [1.29, 1.82) is 0 Å². The Balaban J connectivity index is 1.04. The second kappa shape index (κ2) is 20.1. The lowest BCUT2D eigenvalue weighted by atomic mass is 9.80. The maximum atomic E-state index is 12.9. The lowest BCUT2D eigenvalue weighted by Gasteiger charge is -2.20. The zero-order chi connectivity index (χ0) is 30.0. The first-order valence-corrected chi connectivity index (χ1v) is 15.4. The summed E-state index contributed by atoms with van der Waals surface area (Å²) in [5.41, 5.74) is 1.31. The van der Waals surface area contributed by atoms with Crippen LogP contribution in [0.4, 0.5) is 0 Å². The fourth-order valence-electron chi connectivity index (χ4n) is 5.81. The van der Waals surface area contributed by atoms with Crippen molar-refractivity contribution < 1.29 is 47.5 Å². The van der Waals surface area contributed by atoms with Gasteiger partial charge in [0.15, 0.2) is 0 Å². The molecule has 0 spiro atoms. The van der Waals surface area contributed by atoms with E-state index in [2.05, 4.69) is 18.3 Å². The van der Waals surface area contributed by atoms with Gasteiger partial charge in [-0.25, -0.2) is 0 Å². The second-order valence-electron chi connectivity index (χ2n) is 10.5. The molecule has 0 radical (unpaired) electrons. The molecule has 42 heavy (non-hydrogen) atoms. The molecule has 12 heteroatoms. The lowest BCUT2D eigenvalue weighted by Crippen LogP contribution is -2.37. The predicted octanol–water partition coefficient (Wildman–Crippen LogP) is 1.22. The summed E-state index contributed by atoms with van der Waals surface area (Å²) >= 11 is 0. The van der Waals surface area contributed by atoms with Gasteiger partial charge < -0.3 is 38.5 Å². The lowest BCUT2D eigenvalue weighted by molar-refractivity contribution is -0.141. The van der Waals surface area contributed by atoms with E-state index in [1.165, 1.54) is 10.5 Å². The van der Waals surface area contributed by atoms with Gasteiger partial charge in [-0.3, -0.25) is 19.3 Å². The number of imide groups is 1. The van der Waals surface area contributed by atoms with E-state index >= 15 is 0 Å². The van der Waals surface area contributed by atoms with Gasteiger partial charge in [0, 0.05) is 26.1 Å². The van der Waals surface area contributed by atoms with Gasteiger partial charge in [-0.2, -0.15) is 0 Å². The van der Waals surface area contributed by atoms with E-state index in [-0.39, 0.29) is 54.4 Å². The number of ether oxygens (including phenoxy) is 7. The molecular weight excluding hydrogens is 548 g/mol. The summed E-state index contributed by atoms with van der Waals surface area (Å²) < 4.78 is 37.8. The minimum Gasteiger partial charge on any atom is -0.379 e. The highest BCUT2D eigenvalue weighted by Crippen LogP contribution is 2.56. The fourth-order valence-corrected chi connectivity index (χ4v) is 5.81. The van der Waals surface area contributed by atoms with E-state index in [9.17, 15) is 14.4 Å². The van der Waals surface area contributed by atoms with Crippen LogP contribution in [-0.4, -0.2) is 128 Å². The molecule has 1 heterocycles. The van der Waals surface area contributed by atoms with E-state index in [1.807, 2.05) is 6.92 Å². The molecule has 0 aromatic heterocycles. The maximum absolute atomic E-state index is 12.9. The first-order valence-electron chi connectivity index (χ1n) is 15.4. The van der Waals surface area contributed by atoms with Gasteiger partial charge in [-0.1, -0.05) is 18.6 Å². The molecule has 3 rings (SSSR count). The number of nitrogens with one attached hydrogen (secondary N) is 1. The minimum atomic E-state index is -0.222. The Bertz CT molecular complexity index is 854. The highest BCUT2D eigenvalue weighted by molar-refractivity contribution is 6.06. The Morgan fingerprint density at radius 1 is 0.738 bits per heavy atom. The molecule has 2 bridgehead atoms. The van der Waals surface area contributed by atoms with E-state index in [1.54, 1.807) is 0 Å². The summed E-state index contributed by atoms with van der Waals surface area (Å²) in [6.45, 7) is 11.6. The number of fused-ring (bicyclic) bond motifs is 5. The number of nitrogens with zero attached hydrogens (tertiary/aromatic N) is 1. The third-order valence-electron chi connectivity index (χ3n) is 7.79. The van der Waals surface area contributed by atoms with Crippen molar-refractivity contribution in [3.8, 4) is 0 Å². The summed E-state index contributed by atoms with van der Waals surface area (Å²) in [7, 11) is 0. The monoisotopic (exact) mass is 598 g/mol. The van der Waals surface area contributed by atoms with Crippen molar-refractivity contribution in [1.82, 2.24) is 10.2 Å². The Kier molecular flexibility index (Phi) is 16.5. The maximum Gasteiger partial charge on any atom is 0.233 e. The number of hydrogen-bond donors (Lipinski definition) is 1. The van der Waals surface area contributed by atoms with Gasteiger partial charge in [-0.05, 0) is 31.6 Å². The molecule has 12 nitrogen and oxygen atoms in total. The smallest absolute Gasteiger partial charge is 0.233 e. The third-order valence-corrected chi connectivity index (χ3v) is 7.79. The minimum absolute atomic E-state index is 0.0980. The van der Waals surface area contributed by atoms with Gasteiger partial charge in [0.1, 0.15) is 0 Å². The Hall–Kier alpha value is -1.93. The first-order chi connectivity index (χ1) is 20.6. The summed E-state index contributed by atoms with van der Waals surface area (Å²) in [6, 6.07) is 0. The Labute approximate surface area is 249 Å². The second-order valence-corrected chi connectivity index (χ2v) is 10.5. The number of likely N-dealkylation sites (tertiary alicyclic amines) is 1. The highest BCUT2D eigenvalue weighted by Gasteiger charge is 2.60. The van der Waals surface area contributed by atoms with Crippen LogP contribution in [0.3, 0.4) is 0 Å². The summed E-state index contributed by atoms with van der Waals surface area (Å²) in [6.07, 6.45) is 4.16. The zero-order valence-corrected chi connectivity index (χ0v) is 25.4. The van der Waals surface area contributed by atoms with Crippen molar-refractivity contribution >= 4 is 17.7 Å². The molecule has 2 aliphatic carbocycles. The number of carbonyl (C=O) groups is 3. The molecule has 1 saturated carbocycles. The zero-order valence-electron chi connectivity index (χ0n) is 25.4. The average molecular weight is 599 g/mol. The van der Waals surface area contributed by atoms with Crippen molar-refractivity contribution in [2.45, 2.75) is 33.1 Å². The summed E-state index contributed by atoms with van der Waals surface area (Å²) in [4.78, 5) is 39.3. The number of allylic oxidation sites excluding steroid dienone is 2. The fraction of sp³-hybridized carbons (Fsp3) is 0.833. The molecule has 4 atom stereocenters. The van der Waals surface area contributed by atoms with Crippen LogP contribution in [0.2, 0.25) is 0 Å². The van der Waals surface area contributed by atoms with Crippen LogP contribution in [-0.2, 0) is 47.5 Å². The molecular formula is C30H50N2O10. The molecule has 3 amide bonds. The number of rotatable bonds is 26. The topological polar surface area (TPSA) is 131 Å². The molecule has 4 unspecified atom stereocenters. The summed E-state index contributed by atoms with van der Waals surface area (Å²) in [5, 5.41) is 2.78. The number of carbonyl (C=O) groups excluding carboxylic acids is 3. The molecule has 1 N–H and O–H groups in total. The van der Waals surface area contributed by atoms with Gasteiger partial charge in [0.2, 0.25) is 17.7 Å². The van der Waals surface area contributed by atoms with E-state index in [0.29, 0.717) is 99.0 Å². The quantitative estimate of drug-likeness (QED) is 0.0881. The van der Waals surface area contributed by atoms with Crippen LogP contribution in [0.15, 0.2) is 11.6 Å². The van der Waals surface area contributed by atoms with Crippen molar-refractivity contribution in [2.24, 2.45) is 23.7 Å². The van der Waals surface area contributed by atoms with E-state index < -0.39 is 0 Å². The Morgan fingerprint density at radius 3 is 1.71 bits per heavy atom.